The summed E-state index contributed by atoms with van der Waals surface area (Å²) in [7, 11) is 1.58. The highest BCUT2D eigenvalue weighted by Crippen LogP contribution is 2.28. The number of nitrogens with zero attached hydrogens (tertiary/aromatic N) is 3. The molecule has 3 aromatic heterocycles. The van der Waals surface area contributed by atoms with Gasteiger partial charge in [-0.2, -0.15) is 0 Å². The number of fused-ring (bicyclic) bond motifs is 1. The molecule has 0 fully saturated rings. The summed E-state index contributed by atoms with van der Waals surface area (Å²) < 4.78 is 26.1. The van der Waals surface area contributed by atoms with Crippen molar-refractivity contribution in [3.05, 3.63) is 71.3 Å². The normalized spacial score (nSPS) is 11.2. The van der Waals surface area contributed by atoms with Crippen LogP contribution in [0.5, 0.6) is 5.75 Å². The average molecular weight is 351 g/mol. The topological polar surface area (TPSA) is 52.6 Å². The van der Waals surface area contributed by atoms with Crippen LogP contribution >= 0.6 is 0 Å². The maximum Gasteiger partial charge on any atom is 0.141 e. The Morgan fingerprint density at radius 3 is 2.77 bits per heavy atom. The average Bonchev–Trinajstić information content (AvgIpc) is 3.16. The van der Waals surface area contributed by atoms with Gasteiger partial charge in [-0.15, -0.1) is 0 Å². The van der Waals surface area contributed by atoms with E-state index in [-0.39, 0.29) is 5.82 Å². The fraction of sp³-hybridized carbons (Fsp3) is 0.200. The number of ether oxygens (including phenoxy) is 1. The number of hydrogen-bond acceptors (Lipinski definition) is 4. The van der Waals surface area contributed by atoms with E-state index in [1.807, 2.05) is 42.8 Å². The van der Waals surface area contributed by atoms with Gasteiger partial charge in [0.25, 0.3) is 0 Å². The Morgan fingerprint density at radius 2 is 2.04 bits per heavy atom. The minimum atomic E-state index is -0.287. The highest BCUT2D eigenvalue weighted by Gasteiger charge is 2.13. The Morgan fingerprint density at radius 1 is 1.19 bits per heavy atom. The molecule has 4 aromatic rings. The summed E-state index contributed by atoms with van der Waals surface area (Å²) in [4.78, 5) is 4.68. The molecule has 6 heteroatoms. The van der Waals surface area contributed by atoms with Gasteiger partial charge in [-0.3, -0.25) is 0 Å². The van der Waals surface area contributed by atoms with E-state index in [9.17, 15) is 4.39 Å². The molecule has 5 nitrogen and oxygen atoms in total. The SMILES string of the molecule is COc1ccc(F)cc1Cc1cn2ccc(-c3c(C)noc3C)cc2n1. The minimum Gasteiger partial charge on any atom is -0.496 e. The first-order valence-electron chi connectivity index (χ1n) is 8.28. The number of methoxy groups -OCH3 is 1. The summed E-state index contributed by atoms with van der Waals surface area (Å²) in [6.07, 6.45) is 4.38. The molecule has 0 N–H and O–H groups in total. The molecule has 4 rings (SSSR count). The molecule has 0 aliphatic heterocycles. The van der Waals surface area contributed by atoms with Gasteiger partial charge in [0.15, 0.2) is 0 Å². The molecule has 0 unspecified atom stereocenters. The van der Waals surface area contributed by atoms with Crippen LogP contribution in [0, 0.1) is 19.7 Å². The van der Waals surface area contributed by atoms with E-state index in [2.05, 4.69) is 10.1 Å². The van der Waals surface area contributed by atoms with Crippen LogP contribution in [-0.2, 0) is 6.42 Å². The summed E-state index contributed by atoms with van der Waals surface area (Å²) >= 11 is 0. The third-order valence-corrected chi connectivity index (χ3v) is 4.45. The van der Waals surface area contributed by atoms with Crippen molar-refractivity contribution in [3.63, 3.8) is 0 Å². The number of benzene rings is 1. The van der Waals surface area contributed by atoms with Gasteiger partial charge < -0.3 is 13.7 Å². The van der Waals surface area contributed by atoms with E-state index >= 15 is 0 Å². The summed E-state index contributed by atoms with van der Waals surface area (Å²) in [5.74, 6) is 1.15. The lowest BCUT2D eigenvalue weighted by atomic mass is 10.1. The summed E-state index contributed by atoms with van der Waals surface area (Å²) in [5, 5.41) is 4.01. The quantitative estimate of drug-likeness (QED) is 0.549. The zero-order valence-corrected chi connectivity index (χ0v) is 14.8. The Kier molecular flexibility index (Phi) is 3.95. The molecule has 0 spiro atoms. The van der Waals surface area contributed by atoms with Gasteiger partial charge in [0.2, 0.25) is 0 Å². The van der Waals surface area contributed by atoms with E-state index < -0.39 is 0 Å². The molecule has 1 aromatic carbocycles. The fourth-order valence-corrected chi connectivity index (χ4v) is 3.25. The molecule has 0 saturated heterocycles. The second kappa shape index (κ2) is 6.29. The maximum atomic E-state index is 13.6. The molecule has 0 amide bonds. The number of aromatic nitrogens is 3. The molecule has 26 heavy (non-hydrogen) atoms. The van der Waals surface area contributed by atoms with Crippen LogP contribution in [0.2, 0.25) is 0 Å². The van der Waals surface area contributed by atoms with Gasteiger partial charge in [0.05, 0.1) is 18.5 Å². The van der Waals surface area contributed by atoms with Gasteiger partial charge in [0, 0.05) is 29.9 Å². The monoisotopic (exact) mass is 351 g/mol. The third kappa shape index (κ3) is 2.83. The molecule has 0 aliphatic carbocycles. The predicted octanol–water partition coefficient (Wildman–Crippen LogP) is 4.34. The van der Waals surface area contributed by atoms with Gasteiger partial charge >= 0.3 is 0 Å². The molecule has 0 radical (unpaired) electrons. The molecule has 0 aliphatic rings. The van der Waals surface area contributed by atoms with E-state index in [4.69, 9.17) is 9.26 Å². The fourth-order valence-electron chi connectivity index (χ4n) is 3.25. The van der Waals surface area contributed by atoms with Crippen molar-refractivity contribution in [1.29, 1.82) is 0 Å². The van der Waals surface area contributed by atoms with Crippen LogP contribution in [0.1, 0.15) is 22.7 Å². The van der Waals surface area contributed by atoms with E-state index in [1.54, 1.807) is 13.2 Å². The molecular formula is C20H18FN3O2. The number of pyridine rings is 1. The first-order valence-corrected chi connectivity index (χ1v) is 8.28. The molecule has 132 valence electrons. The maximum absolute atomic E-state index is 13.6. The summed E-state index contributed by atoms with van der Waals surface area (Å²) in [6, 6.07) is 8.52. The highest BCUT2D eigenvalue weighted by molar-refractivity contribution is 5.70. The smallest absolute Gasteiger partial charge is 0.141 e. The third-order valence-electron chi connectivity index (χ3n) is 4.45. The number of imidazole rings is 1. The van der Waals surface area contributed by atoms with Crippen LogP contribution in [0.25, 0.3) is 16.8 Å². The van der Waals surface area contributed by atoms with Crippen molar-refractivity contribution in [2.45, 2.75) is 20.3 Å². The van der Waals surface area contributed by atoms with Crippen LogP contribution in [-0.4, -0.2) is 21.7 Å². The minimum absolute atomic E-state index is 0.287. The van der Waals surface area contributed by atoms with E-state index in [1.165, 1.54) is 12.1 Å². The second-order valence-corrected chi connectivity index (χ2v) is 6.25. The van der Waals surface area contributed by atoms with Gasteiger partial charge in [-0.1, -0.05) is 5.16 Å². The second-order valence-electron chi connectivity index (χ2n) is 6.25. The largest absolute Gasteiger partial charge is 0.496 e. The lowest BCUT2D eigenvalue weighted by Gasteiger charge is -2.06. The van der Waals surface area contributed by atoms with Crippen LogP contribution < -0.4 is 4.74 Å². The molecule has 0 atom stereocenters. The van der Waals surface area contributed by atoms with E-state index in [0.717, 1.165) is 39.5 Å². The van der Waals surface area contributed by atoms with E-state index in [0.29, 0.717) is 12.2 Å². The zero-order chi connectivity index (χ0) is 18.3. The summed E-state index contributed by atoms with van der Waals surface area (Å²) in [5.41, 5.74) is 5.26. The first-order chi connectivity index (χ1) is 12.5. The molecular weight excluding hydrogens is 333 g/mol. The zero-order valence-electron chi connectivity index (χ0n) is 14.8. The predicted molar refractivity (Wildman–Crippen MR) is 95.9 cm³/mol. The Hall–Kier alpha value is -3.15. The highest BCUT2D eigenvalue weighted by atomic mass is 19.1. The Bertz CT molecular complexity index is 1080. The lowest BCUT2D eigenvalue weighted by molar-refractivity contribution is 0.393. The van der Waals surface area contributed by atoms with Crippen molar-refractivity contribution in [1.82, 2.24) is 14.5 Å². The van der Waals surface area contributed by atoms with Gasteiger partial charge in [0.1, 0.15) is 23.0 Å². The van der Waals surface area contributed by atoms with Crippen molar-refractivity contribution < 1.29 is 13.7 Å². The standard InChI is InChI=1S/C20H18FN3O2/c1-12-20(13(2)26-23-12)14-6-7-24-11-17(22-19(24)10-14)9-15-8-16(21)4-5-18(15)25-3/h4-8,10-11H,9H2,1-3H3. The van der Waals surface area contributed by atoms with Crippen LogP contribution in [0.3, 0.4) is 0 Å². The van der Waals surface area contributed by atoms with Crippen molar-refractivity contribution >= 4 is 5.65 Å². The number of hydrogen-bond donors (Lipinski definition) is 0. The number of halogens is 1. The van der Waals surface area contributed by atoms with Crippen LogP contribution in [0.15, 0.2) is 47.2 Å². The lowest BCUT2D eigenvalue weighted by Crippen LogP contribution is -1.95. The van der Waals surface area contributed by atoms with Crippen molar-refractivity contribution in [2.75, 3.05) is 7.11 Å². The molecule has 0 saturated carbocycles. The van der Waals surface area contributed by atoms with Gasteiger partial charge in [-0.25, -0.2) is 9.37 Å². The number of aryl methyl sites for hydroxylation is 2. The van der Waals surface area contributed by atoms with Crippen LogP contribution in [0.4, 0.5) is 4.39 Å². The van der Waals surface area contributed by atoms with Crippen molar-refractivity contribution in [3.8, 4) is 16.9 Å². The van der Waals surface area contributed by atoms with Gasteiger partial charge in [-0.05, 0) is 49.7 Å². The first kappa shape index (κ1) is 16.3. The number of rotatable bonds is 4. The Balaban J connectivity index is 1.72. The molecule has 0 bridgehead atoms. The Labute approximate surface area is 150 Å². The molecule has 3 heterocycles. The summed E-state index contributed by atoms with van der Waals surface area (Å²) in [6.45, 7) is 3.82. The van der Waals surface area contributed by atoms with Crippen molar-refractivity contribution in [2.24, 2.45) is 0 Å².